The standard InChI is InChI=1S/C17H11ClN2O/c18-14-6-3-7-15(20)17(14)21-16-9-8-11(10-19)12-4-1-2-5-13(12)16/h1-9H,20H2. The van der Waals surface area contributed by atoms with Crippen molar-refractivity contribution in [3.63, 3.8) is 0 Å². The number of anilines is 1. The van der Waals surface area contributed by atoms with Crippen LogP contribution in [-0.4, -0.2) is 0 Å². The first-order valence-electron chi connectivity index (χ1n) is 6.34. The molecule has 0 heterocycles. The number of hydrogen-bond acceptors (Lipinski definition) is 3. The van der Waals surface area contributed by atoms with Gasteiger partial charge in [0.25, 0.3) is 0 Å². The van der Waals surface area contributed by atoms with Gasteiger partial charge in [-0.15, -0.1) is 0 Å². The minimum atomic E-state index is 0.425. The van der Waals surface area contributed by atoms with Crippen LogP contribution in [0.1, 0.15) is 5.56 Å². The molecule has 3 aromatic rings. The minimum Gasteiger partial charge on any atom is -0.453 e. The van der Waals surface area contributed by atoms with E-state index in [0.29, 0.717) is 27.8 Å². The Morgan fingerprint density at radius 1 is 0.952 bits per heavy atom. The number of ether oxygens (including phenoxy) is 1. The molecule has 0 aliphatic carbocycles. The zero-order valence-electron chi connectivity index (χ0n) is 11.0. The summed E-state index contributed by atoms with van der Waals surface area (Å²) in [6, 6.07) is 18.4. The third-order valence-corrected chi connectivity index (χ3v) is 3.51. The first-order chi connectivity index (χ1) is 10.2. The number of nitriles is 1. The number of hydrogen-bond donors (Lipinski definition) is 1. The molecule has 4 heteroatoms. The Labute approximate surface area is 127 Å². The molecule has 0 fully saturated rings. The highest BCUT2D eigenvalue weighted by molar-refractivity contribution is 6.32. The minimum absolute atomic E-state index is 0.425. The molecule has 3 aromatic carbocycles. The third kappa shape index (κ3) is 2.37. The summed E-state index contributed by atoms with van der Waals surface area (Å²) in [4.78, 5) is 0. The van der Waals surface area contributed by atoms with Crippen molar-refractivity contribution in [2.75, 3.05) is 5.73 Å². The molecule has 0 bridgehead atoms. The van der Waals surface area contributed by atoms with Gasteiger partial charge in [0.05, 0.1) is 22.3 Å². The van der Waals surface area contributed by atoms with Crippen molar-refractivity contribution in [2.45, 2.75) is 0 Å². The van der Waals surface area contributed by atoms with Crippen LogP contribution in [0.15, 0.2) is 54.6 Å². The molecule has 102 valence electrons. The molecule has 0 saturated heterocycles. The number of rotatable bonds is 2. The SMILES string of the molecule is N#Cc1ccc(Oc2c(N)cccc2Cl)c2ccccc12. The quantitative estimate of drug-likeness (QED) is 0.694. The lowest BCUT2D eigenvalue weighted by molar-refractivity contribution is 0.491. The second-order valence-electron chi connectivity index (χ2n) is 4.53. The first kappa shape index (κ1) is 13.3. The van der Waals surface area contributed by atoms with E-state index in [1.807, 2.05) is 24.3 Å². The van der Waals surface area contributed by atoms with Gasteiger partial charge in [0.2, 0.25) is 0 Å². The molecule has 0 aliphatic rings. The molecule has 0 aliphatic heterocycles. The van der Waals surface area contributed by atoms with Crippen LogP contribution in [-0.2, 0) is 0 Å². The fourth-order valence-corrected chi connectivity index (χ4v) is 2.42. The van der Waals surface area contributed by atoms with Crippen molar-refractivity contribution < 1.29 is 4.74 Å². The van der Waals surface area contributed by atoms with Crippen LogP contribution in [0.4, 0.5) is 5.69 Å². The molecule has 2 N–H and O–H groups in total. The second kappa shape index (κ2) is 5.35. The van der Waals surface area contributed by atoms with Gasteiger partial charge in [-0.2, -0.15) is 5.26 Å². The van der Waals surface area contributed by atoms with E-state index in [0.717, 1.165) is 10.8 Å². The zero-order valence-corrected chi connectivity index (χ0v) is 11.8. The van der Waals surface area contributed by atoms with Gasteiger partial charge < -0.3 is 10.5 Å². The summed E-state index contributed by atoms with van der Waals surface area (Å²) in [6.45, 7) is 0. The molecule has 0 saturated carbocycles. The van der Waals surface area contributed by atoms with Gasteiger partial charge in [-0.25, -0.2) is 0 Å². The Balaban J connectivity index is 2.17. The van der Waals surface area contributed by atoms with Crippen molar-refractivity contribution >= 4 is 28.1 Å². The maximum Gasteiger partial charge on any atom is 0.168 e. The van der Waals surface area contributed by atoms with Crippen LogP contribution >= 0.6 is 11.6 Å². The maximum absolute atomic E-state index is 9.17. The summed E-state index contributed by atoms with van der Waals surface area (Å²) >= 11 is 6.13. The fourth-order valence-electron chi connectivity index (χ4n) is 2.20. The summed E-state index contributed by atoms with van der Waals surface area (Å²) in [5, 5.41) is 11.3. The molecule has 3 rings (SSSR count). The molecule has 0 unspecified atom stereocenters. The summed E-state index contributed by atoms with van der Waals surface area (Å²) in [5.74, 6) is 1.04. The van der Waals surface area contributed by atoms with Crippen LogP contribution < -0.4 is 10.5 Å². The predicted molar refractivity (Wildman–Crippen MR) is 84.6 cm³/mol. The van der Waals surface area contributed by atoms with Crippen LogP contribution in [0.3, 0.4) is 0 Å². The van der Waals surface area contributed by atoms with Gasteiger partial charge in [0.1, 0.15) is 5.75 Å². The molecule has 0 atom stereocenters. The third-order valence-electron chi connectivity index (χ3n) is 3.21. The summed E-state index contributed by atoms with van der Waals surface area (Å²) in [6.07, 6.45) is 0. The first-order valence-corrected chi connectivity index (χ1v) is 6.72. The van der Waals surface area contributed by atoms with Crippen molar-refractivity contribution in [2.24, 2.45) is 0 Å². The van der Waals surface area contributed by atoms with E-state index in [2.05, 4.69) is 6.07 Å². The van der Waals surface area contributed by atoms with Gasteiger partial charge in [0.15, 0.2) is 5.75 Å². The molecule has 21 heavy (non-hydrogen) atoms. The lowest BCUT2D eigenvalue weighted by atomic mass is 10.0. The van der Waals surface area contributed by atoms with E-state index in [9.17, 15) is 5.26 Å². The van der Waals surface area contributed by atoms with Crippen LogP contribution in [0.2, 0.25) is 5.02 Å². The zero-order chi connectivity index (χ0) is 14.8. The van der Waals surface area contributed by atoms with E-state index in [1.165, 1.54) is 0 Å². The number of fused-ring (bicyclic) bond motifs is 1. The van der Waals surface area contributed by atoms with Gasteiger partial charge in [-0.05, 0) is 24.3 Å². The number of nitrogens with zero attached hydrogens (tertiary/aromatic N) is 1. The molecule has 0 radical (unpaired) electrons. The number of halogens is 1. The normalized spacial score (nSPS) is 10.3. The molecular formula is C17H11ClN2O. The van der Waals surface area contributed by atoms with Gasteiger partial charge in [-0.1, -0.05) is 41.9 Å². The van der Waals surface area contributed by atoms with Gasteiger partial charge in [-0.3, -0.25) is 0 Å². The highest BCUT2D eigenvalue weighted by Gasteiger charge is 2.11. The highest BCUT2D eigenvalue weighted by atomic mass is 35.5. The lowest BCUT2D eigenvalue weighted by Gasteiger charge is -2.12. The monoisotopic (exact) mass is 294 g/mol. The summed E-state index contributed by atoms with van der Waals surface area (Å²) < 4.78 is 5.89. The van der Waals surface area contributed by atoms with Gasteiger partial charge in [0, 0.05) is 10.8 Å². The number of nitrogen functional groups attached to an aromatic ring is 1. The fraction of sp³-hybridized carbons (Fsp3) is 0. The predicted octanol–water partition coefficient (Wildman–Crippen LogP) is 4.74. The second-order valence-corrected chi connectivity index (χ2v) is 4.94. The Bertz CT molecular complexity index is 848. The lowest BCUT2D eigenvalue weighted by Crippen LogP contribution is -1.94. The Morgan fingerprint density at radius 3 is 2.43 bits per heavy atom. The van der Waals surface area contributed by atoms with Crippen molar-refractivity contribution in [3.8, 4) is 17.6 Å². The Hall–Kier alpha value is -2.70. The number of para-hydroxylation sites is 1. The van der Waals surface area contributed by atoms with Crippen molar-refractivity contribution in [1.82, 2.24) is 0 Å². The summed E-state index contributed by atoms with van der Waals surface area (Å²) in [7, 11) is 0. The van der Waals surface area contributed by atoms with E-state index in [-0.39, 0.29) is 0 Å². The van der Waals surface area contributed by atoms with Crippen LogP contribution in [0.25, 0.3) is 10.8 Å². The van der Waals surface area contributed by atoms with E-state index >= 15 is 0 Å². The average molecular weight is 295 g/mol. The molecular weight excluding hydrogens is 284 g/mol. The maximum atomic E-state index is 9.17. The molecule has 0 spiro atoms. The molecule has 0 aromatic heterocycles. The average Bonchev–Trinajstić information content (AvgIpc) is 2.51. The van der Waals surface area contributed by atoms with E-state index in [4.69, 9.17) is 22.1 Å². The van der Waals surface area contributed by atoms with E-state index in [1.54, 1.807) is 30.3 Å². The Kier molecular flexibility index (Phi) is 3.39. The number of nitrogens with two attached hydrogens (primary N) is 1. The largest absolute Gasteiger partial charge is 0.453 e. The summed E-state index contributed by atoms with van der Waals surface area (Å²) in [5.41, 5.74) is 6.98. The van der Waals surface area contributed by atoms with Crippen LogP contribution in [0, 0.1) is 11.3 Å². The smallest absolute Gasteiger partial charge is 0.168 e. The molecule has 3 nitrogen and oxygen atoms in total. The van der Waals surface area contributed by atoms with Crippen molar-refractivity contribution in [1.29, 1.82) is 5.26 Å². The van der Waals surface area contributed by atoms with E-state index < -0.39 is 0 Å². The Morgan fingerprint density at radius 2 is 1.71 bits per heavy atom. The number of benzene rings is 3. The topological polar surface area (TPSA) is 59.0 Å². The highest BCUT2D eigenvalue weighted by Crippen LogP contribution is 2.38. The molecule has 0 amide bonds. The van der Waals surface area contributed by atoms with Gasteiger partial charge >= 0.3 is 0 Å². The van der Waals surface area contributed by atoms with Crippen molar-refractivity contribution in [3.05, 3.63) is 65.2 Å². The van der Waals surface area contributed by atoms with Crippen LogP contribution in [0.5, 0.6) is 11.5 Å².